The Kier molecular flexibility index (Phi) is 5.65. The molecule has 1 saturated heterocycles. The highest BCUT2D eigenvalue weighted by molar-refractivity contribution is 6.23. The van der Waals surface area contributed by atoms with Crippen molar-refractivity contribution in [3.05, 3.63) is 58.2 Å². The van der Waals surface area contributed by atoms with Gasteiger partial charge >= 0.3 is 5.97 Å². The molecule has 5 rings (SSSR count). The average Bonchev–Trinajstić information content (AvgIpc) is 3.09. The van der Waals surface area contributed by atoms with Crippen molar-refractivity contribution in [2.45, 2.75) is 32.1 Å². The monoisotopic (exact) mass is 491 g/mol. The standard InChI is InChI=1S/C27H25NO8/c1-12-9-18(29)17-11-16-14(4-5-15-23(16)27(35)28(26(15)34)8-7-21(31)32)22(24(17)25(12)33)13-3-6-20(36-2)19(30)10-13/h3-4,6,9-10,15-16,22-23,30H,5,7-8,11H2,1-2H3,(H,31,32). The Labute approximate surface area is 206 Å². The van der Waals surface area contributed by atoms with Gasteiger partial charge in [-0.1, -0.05) is 17.7 Å². The zero-order valence-electron chi connectivity index (χ0n) is 19.8. The summed E-state index contributed by atoms with van der Waals surface area (Å²) < 4.78 is 5.15. The lowest BCUT2D eigenvalue weighted by molar-refractivity contribution is -0.142. The second-order valence-corrected chi connectivity index (χ2v) is 9.63. The zero-order valence-corrected chi connectivity index (χ0v) is 19.8. The molecule has 4 atom stereocenters. The maximum Gasteiger partial charge on any atom is 0.305 e. The van der Waals surface area contributed by atoms with Crippen LogP contribution in [0.3, 0.4) is 0 Å². The number of likely N-dealkylation sites (tertiary alicyclic amines) is 1. The average molecular weight is 491 g/mol. The van der Waals surface area contributed by atoms with Gasteiger partial charge in [-0.05, 0) is 49.5 Å². The maximum absolute atomic E-state index is 13.4. The Hall–Kier alpha value is -4.01. The molecule has 3 aliphatic carbocycles. The van der Waals surface area contributed by atoms with Gasteiger partial charge < -0.3 is 14.9 Å². The number of hydrogen-bond acceptors (Lipinski definition) is 7. The molecule has 2 N–H and O–H groups in total. The van der Waals surface area contributed by atoms with Crippen LogP contribution in [0.15, 0.2) is 52.6 Å². The number of phenols is 1. The number of ketones is 2. The summed E-state index contributed by atoms with van der Waals surface area (Å²) in [5.74, 6) is -4.95. The van der Waals surface area contributed by atoms with E-state index in [-0.39, 0.29) is 48.9 Å². The molecule has 9 nitrogen and oxygen atoms in total. The number of carbonyl (C=O) groups excluding carboxylic acids is 4. The van der Waals surface area contributed by atoms with E-state index in [1.807, 2.05) is 6.08 Å². The van der Waals surface area contributed by atoms with Crippen LogP contribution >= 0.6 is 0 Å². The number of carbonyl (C=O) groups is 5. The molecule has 186 valence electrons. The predicted molar refractivity (Wildman–Crippen MR) is 125 cm³/mol. The van der Waals surface area contributed by atoms with Crippen LogP contribution in [0.4, 0.5) is 0 Å². The summed E-state index contributed by atoms with van der Waals surface area (Å²) in [6, 6.07) is 4.79. The third-order valence-electron chi connectivity index (χ3n) is 7.74. The van der Waals surface area contributed by atoms with E-state index in [0.29, 0.717) is 22.3 Å². The van der Waals surface area contributed by atoms with Crippen molar-refractivity contribution in [2.24, 2.45) is 17.8 Å². The Balaban J connectivity index is 1.62. The fourth-order valence-electron chi connectivity index (χ4n) is 6.12. The molecule has 4 aliphatic rings. The van der Waals surface area contributed by atoms with Gasteiger partial charge in [0.25, 0.3) is 0 Å². The number of aliphatic carboxylic acids is 1. The van der Waals surface area contributed by atoms with Crippen molar-refractivity contribution in [3.63, 3.8) is 0 Å². The molecule has 1 heterocycles. The predicted octanol–water partition coefficient (Wildman–Crippen LogP) is 2.31. The summed E-state index contributed by atoms with van der Waals surface area (Å²) in [5, 5.41) is 19.5. The maximum atomic E-state index is 13.4. The third kappa shape index (κ3) is 3.49. The molecular formula is C27H25NO8. The fourth-order valence-corrected chi connectivity index (χ4v) is 6.12. The van der Waals surface area contributed by atoms with E-state index in [2.05, 4.69) is 0 Å². The number of rotatable bonds is 5. The Morgan fingerprint density at radius 1 is 1.14 bits per heavy atom. The summed E-state index contributed by atoms with van der Waals surface area (Å²) in [6.45, 7) is 1.38. The van der Waals surface area contributed by atoms with E-state index < -0.39 is 41.5 Å². The number of Topliss-reactive ketones (excluding diaryl/α,β-unsaturated/α-hetero) is 1. The number of aromatic hydroxyl groups is 1. The molecule has 9 heteroatoms. The number of imide groups is 1. The van der Waals surface area contributed by atoms with Gasteiger partial charge in [0, 0.05) is 29.2 Å². The minimum atomic E-state index is -1.11. The van der Waals surface area contributed by atoms with Gasteiger partial charge in [-0.2, -0.15) is 0 Å². The molecule has 1 aromatic rings. The minimum Gasteiger partial charge on any atom is -0.504 e. The van der Waals surface area contributed by atoms with Crippen LogP contribution in [-0.4, -0.2) is 58.1 Å². The van der Waals surface area contributed by atoms with Crippen molar-refractivity contribution < 1.29 is 38.9 Å². The first-order chi connectivity index (χ1) is 17.1. The molecule has 0 radical (unpaired) electrons. The van der Waals surface area contributed by atoms with E-state index in [1.54, 1.807) is 19.1 Å². The molecule has 0 spiro atoms. The van der Waals surface area contributed by atoms with Crippen molar-refractivity contribution in [2.75, 3.05) is 13.7 Å². The first kappa shape index (κ1) is 23.7. The second-order valence-electron chi connectivity index (χ2n) is 9.63. The van der Waals surface area contributed by atoms with Crippen molar-refractivity contribution in [3.8, 4) is 11.5 Å². The number of phenolic OH excluding ortho intramolecular Hbond substituents is 1. The third-order valence-corrected chi connectivity index (χ3v) is 7.74. The number of allylic oxidation sites excluding steroid dienone is 6. The number of benzene rings is 1. The lowest BCUT2D eigenvalue weighted by Crippen LogP contribution is -2.40. The number of hydrogen-bond donors (Lipinski definition) is 2. The summed E-state index contributed by atoms with van der Waals surface area (Å²) in [4.78, 5) is 65.0. The van der Waals surface area contributed by atoms with Crippen LogP contribution in [0.25, 0.3) is 0 Å². The smallest absolute Gasteiger partial charge is 0.305 e. The zero-order chi connectivity index (χ0) is 25.9. The highest BCUT2D eigenvalue weighted by atomic mass is 16.5. The topological polar surface area (TPSA) is 138 Å². The van der Waals surface area contributed by atoms with Gasteiger partial charge in [0.2, 0.25) is 11.8 Å². The van der Waals surface area contributed by atoms with E-state index in [1.165, 1.54) is 19.3 Å². The number of ether oxygens (including phenoxy) is 1. The number of carboxylic acids is 1. The number of amides is 2. The van der Waals surface area contributed by atoms with Gasteiger partial charge in [0.05, 0.1) is 25.4 Å². The summed E-state index contributed by atoms with van der Waals surface area (Å²) in [7, 11) is 1.42. The highest BCUT2D eigenvalue weighted by Crippen LogP contribution is 2.55. The van der Waals surface area contributed by atoms with Crippen LogP contribution in [0.2, 0.25) is 0 Å². The van der Waals surface area contributed by atoms with Crippen molar-refractivity contribution >= 4 is 29.4 Å². The van der Waals surface area contributed by atoms with Crippen LogP contribution in [0.1, 0.15) is 37.7 Å². The molecule has 1 fully saturated rings. The molecule has 0 saturated carbocycles. The first-order valence-corrected chi connectivity index (χ1v) is 11.8. The van der Waals surface area contributed by atoms with Gasteiger partial charge in [0.15, 0.2) is 23.1 Å². The molecule has 36 heavy (non-hydrogen) atoms. The SMILES string of the molecule is COc1ccc(C2C3=CCC4C(=O)N(CCC(=O)O)C(=O)C4C3CC3=C2C(=O)C(C)=CC3=O)cc1O. The largest absolute Gasteiger partial charge is 0.504 e. The van der Waals surface area contributed by atoms with Crippen LogP contribution in [0, 0.1) is 17.8 Å². The molecule has 1 aliphatic heterocycles. The summed E-state index contributed by atoms with van der Waals surface area (Å²) in [5.41, 5.74) is 2.31. The second kappa shape index (κ2) is 8.58. The Morgan fingerprint density at radius 2 is 1.89 bits per heavy atom. The molecule has 0 bridgehead atoms. The normalized spacial score (nSPS) is 27.3. The molecule has 2 amide bonds. The Morgan fingerprint density at radius 3 is 2.56 bits per heavy atom. The van der Waals surface area contributed by atoms with Gasteiger partial charge in [0.1, 0.15) is 0 Å². The lowest BCUT2D eigenvalue weighted by Gasteiger charge is -2.42. The number of carboxylic acid groups (broad SMARTS) is 1. The number of methoxy groups -OCH3 is 1. The van der Waals surface area contributed by atoms with E-state index in [4.69, 9.17) is 9.84 Å². The lowest BCUT2D eigenvalue weighted by atomic mass is 9.59. The van der Waals surface area contributed by atoms with E-state index >= 15 is 0 Å². The fraction of sp³-hybridized carbons (Fsp3) is 0.370. The summed E-state index contributed by atoms with van der Waals surface area (Å²) >= 11 is 0. The summed E-state index contributed by atoms with van der Waals surface area (Å²) in [6.07, 6.45) is 3.24. The van der Waals surface area contributed by atoms with E-state index in [9.17, 15) is 29.1 Å². The molecular weight excluding hydrogens is 466 g/mol. The number of fused-ring (bicyclic) bond motifs is 3. The minimum absolute atomic E-state index is 0.123. The first-order valence-electron chi connectivity index (χ1n) is 11.8. The van der Waals surface area contributed by atoms with Crippen molar-refractivity contribution in [1.82, 2.24) is 4.90 Å². The van der Waals surface area contributed by atoms with Crippen LogP contribution in [-0.2, 0) is 24.0 Å². The number of nitrogens with zero attached hydrogens (tertiary/aromatic N) is 1. The molecule has 1 aromatic carbocycles. The molecule has 0 aromatic heterocycles. The van der Waals surface area contributed by atoms with Crippen LogP contribution < -0.4 is 4.74 Å². The van der Waals surface area contributed by atoms with Crippen molar-refractivity contribution in [1.29, 1.82) is 0 Å². The van der Waals surface area contributed by atoms with Gasteiger partial charge in [-0.25, -0.2) is 0 Å². The van der Waals surface area contributed by atoms with Gasteiger partial charge in [-0.3, -0.25) is 28.9 Å². The van der Waals surface area contributed by atoms with Gasteiger partial charge in [-0.15, -0.1) is 0 Å². The molecule has 4 unspecified atom stereocenters. The highest BCUT2D eigenvalue weighted by Gasteiger charge is 2.56. The van der Waals surface area contributed by atoms with Crippen LogP contribution in [0.5, 0.6) is 11.5 Å². The van der Waals surface area contributed by atoms with E-state index in [0.717, 1.165) is 10.5 Å². The quantitative estimate of drug-likeness (QED) is 0.364. The Bertz CT molecular complexity index is 1330.